The van der Waals surface area contributed by atoms with Crippen molar-refractivity contribution in [2.24, 2.45) is 0 Å². The van der Waals surface area contributed by atoms with Gasteiger partial charge in [-0.05, 0) is 25.0 Å². The van der Waals surface area contributed by atoms with Crippen LogP contribution in [0.15, 0.2) is 36.8 Å². The fourth-order valence-electron chi connectivity index (χ4n) is 2.30. The van der Waals surface area contributed by atoms with Gasteiger partial charge in [-0.15, -0.1) is 0 Å². The van der Waals surface area contributed by atoms with E-state index in [4.69, 9.17) is 0 Å². The van der Waals surface area contributed by atoms with Crippen LogP contribution in [-0.4, -0.2) is 27.8 Å². The number of aromatic nitrogens is 2. The second-order valence-electron chi connectivity index (χ2n) is 4.76. The number of para-hydroxylation sites is 1. The summed E-state index contributed by atoms with van der Waals surface area (Å²) in [5, 5.41) is 5.39. The van der Waals surface area contributed by atoms with E-state index in [1.165, 1.54) is 0 Å². The molecule has 1 atom stereocenters. The molecule has 1 aliphatic heterocycles. The summed E-state index contributed by atoms with van der Waals surface area (Å²) in [6, 6.07) is 4.79. The lowest BCUT2D eigenvalue weighted by Gasteiger charge is -2.24. The summed E-state index contributed by atoms with van der Waals surface area (Å²) in [5.41, 5.74) is 2.54. The van der Waals surface area contributed by atoms with Crippen LogP contribution in [0.1, 0.15) is 23.2 Å². The fourth-order valence-corrected chi connectivity index (χ4v) is 2.30. The second kappa shape index (κ2) is 4.80. The average Bonchev–Trinajstić information content (AvgIpc) is 2.90. The van der Waals surface area contributed by atoms with E-state index < -0.39 is 6.04 Å². The number of hydrogen-bond donors (Lipinski definition) is 3. The van der Waals surface area contributed by atoms with Gasteiger partial charge in [-0.2, -0.15) is 0 Å². The Morgan fingerprint density at radius 3 is 3.10 bits per heavy atom. The zero-order chi connectivity index (χ0) is 14.1. The third kappa shape index (κ3) is 2.16. The Morgan fingerprint density at radius 2 is 2.30 bits per heavy atom. The van der Waals surface area contributed by atoms with E-state index >= 15 is 0 Å². The summed E-state index contributed by atoms with van der Waals surface area (Å²) < 4.78 is 0. The first-order chi connectivity index (χ1) is 9.65. The topological polar surface area (TPSA) is 86.9 Å². The standard InChI is InChI=1S/C14H14N4O2/c1-8-5-6-11(14(20)17-8)18-13(19)9-3-2-4-10-12(9)16-7-15-10/h2-4,7,11H,1,5-6H2,(H,15,16)(H,17,20)(H,18,19). The molecule has 1 aromatic carbocycles. The molecule has 1 aromatic heterocycles. The van der Waals surface area contributed by atoms with Crippen molar-refractivity contribution in [1.82, 2.24) is 20.6 Å². The Bertz CT molecular complexity index is 704. The Kier molecular flexibility index (Phi) is 2.98. The van der Waals surface area contributed by atoms with Crippen molar-refractivity contribution in [1.29, 1.82) is 0 Å². The van der Waals surface area contributed by atoms with Gasteiger partial charge in [0.2, 0.25) is 5.91 Å². The van der Waals surface area contributed by atoms with Crippen LogP contribution >= 0.6 is 0 Å². The Balaban J connectivity index is 1.81. The maximum atomic E-state index is 12.3. The number of carbonyl (C=O) groups excluding carboxylic acids is 2. The van der Waals surface area contributed by atoms with E-state index in [1.54, 1.807) is 18.5 Å². The molecule has 0 bridgehead atoms. The molecule has 0 radical (unpaired) electrons. The first-order valence-corrected chi connectivity index (χ1v) is 6.37. The van der Waals surface area contributed by atoms with Crippen molar-refractivity contribution in [3.05, 3.63) is 42.4 Å². The van der Waals surface area contributed by atoms with Gasteiger partial charge in [-0.25, -0.2) is 4.98 Å². The molecule has 0 spiro atoms. The normalized spacial score (nSPS) is 18.9. The molecule has 2 amide bonds. The number of aromatic amines is 1. The highest BCUT2D eigenvalue weighted by atomic mass is 16.2. The number of imidazole rings is 1. The summed E-state index contributed by atoms with van der Waals surface area (Å²) >= 11 is 0. The summed E-state index contributed by atoms with van der Waals surface area (Å²) in [4.78, 5) is 31.1. The Labute approximate surface area is 115 Å². The smallest absolute Gasteiger partial charge is 0.254 e. The van der Waals surface area contributed by atoms with Crippen molar-refractivity contribution >= 4 is 22.8 Å². The minimum atomic E-state index is -0.526. The zero-order valence-corrected chi connectivity index (χ0v) is 10.8. The molecule has 2 heterocycles. The van der Waals surface area contributed by atoms with Crippen molar-refractivity contribution in [2.75, 3.05) is 0 Å². The van der Waals surface area contributed by atoms with E-state index in [9.17, 15) is 9.59 Å². The van der Waals surface area contributed by atoms with Crippen LogP contribution in [0, 0.1) is 0 Å². The van der Waals surface area contributed by atoms with Gasteiger partial charge in [-0.1, -0.05) is 12.6 Å². The minimum Gasteiger partial charge on any atom is -0.345 e. The molecule has 102 valence electrons. The summed E-state index contributed by atoms with van der Waals surface area (Å²) in [5.74, 6) is -0.515. The lowest BCUT2D eigenvalue weighted by Crippen LogP contribution is -2.49. The van der Waals surface area contributed by atoms with E-state index in [2.05, 4.69) is 27.2 Å². The lowest BCUT2D eigenvalue weighted by molar-refractivity contribution is -0.123. The monoisotopic (exact) mass is 270 g/mol. The SMILES string of the molecule is C=C1CCC(NC(=O)c2cccc3[nH]cnc23)C(=O)N1. The Morgan fingerprint density at radius 1 is 1.45 bits per heavy atom. The maximum absolute atomic E-state index is 12.3. The molecule has 1 aliphatic rings. The van der Waals surface area contributed by atoms with E-state index in [0.717, 1.165) is 5.52 Å². The average molecular weight is 270 g/mol. The molecular weight excluding hydrogens is 256 g/mol. The van der Waals surface area contributed by atoms with Gasteiger partial charge in [0.1, 0.15) is 11.6 Å². The van der Waals surface area contributed by atoms with Crippen LogP contribution in [0.25, 0.3) is 11.0 Å². The van der Waals surface area contributed by atoms with Gasteiger partial charge in [0.05, 0.1) is 17.4 Å². The van der Waals surface area contributed by atoms with Crippen molar-refractivity contribution < 1.29 is 9.59 Å². The van der Waals surface area contributed by atoms with Crippen LogP contribution < -0.4 is 10.6 Å². The van der Waals surface area contributed by atoms with Crippen molar-refractivity contribution in [3.8, 4) is 0 Å². The van der Waals surface area contributed by atoms with Gasteiger partial charge in [0.15, 0.2) is 0 Å². The number of nitrogens with one attached hydrogen (secondary N) is 3. The molecule has 1 saturated heterocycles. The first-order valence-electron chi connectivity index (χ1n) is 6.37. The predicted octanol–water partition coefficient (Wildman–Crippen LogP) is 1.08. The van der Waals surface area contributed by atoms with Gasteiger partial charge < -0.3 is 15.6 Å². The maximum Gasteiger partial charge on any atom is 0.254 e. The highest BCUT2D eigenvalue weighted by Gasteiger charge is 2.26. The molecule has 3 rings (SSSR count). The number of nitrogens with zero attached hydrogens (tertiary/aromatic N) is 1. The number of hydrogen-bond acceptors (Lipinski definition) is 3. The number of allylic oxidation sites excluding steroid dienone is 1. The van der Waals surface area contributed by atoms with Crippen LogP contribution in [0.5, 0.6) is 0 Å². The second-order valence-corrected chi connectivity index (χ2v) is 4.76. The van der Waals surface area contributed by atoms with Crippen LogP contribution in [0.4, 0.5) is 0 Å². The molecule has 0 saturated carbocycles. The predicted molar refractivity (Wildman–Crippen MR) is 73.9 cm³/mol. The van der Waals surface area contributed by atoms with Crippen molar-refractivity contribution in [2.45, 2.75) is 18.9 Å². The van der Waals surface area contributed by atoms with Gasteiger partial charge >= 0.3 is 0 Å². The van der Waals surface area contributed by atoms with Gasteiger partial charge in [-0.3, -0.25) is 9.59 Å². The van der Waals surface area contributed by atoms with E-state index in [-0.39, 0.29) is 11.8 Å². The number of benzene rings is 1. The molecule has 2 aromatic rings. The number of fused-ring (bicyclic) bond motifs is 1. The molecule has 20 heavy (non-hydrogen) atoms. The van der Waals surface area contributed by atoms with Crippen molar-refractivity contribution in [3.63, 3.8) is 0 Å². The highest BCUT2D eigenvalue weighted by molar-refractivity contribution is 6.06. The quantitative estimate of drug-likeness (QED) is 0.763. The lowest BCUT2D eigenvalue weighted by atomic mass is 10.0. The molecule has 1 fully saturated rings. The highest BCUT2D eigenvalue weighted by Crippen LogP contribution is 2.16. The minimum absolute atomic E-state index is 0.219. The van der Waals surface area contributed by atoms with E-state index in [1.807, 2.05) is 6.07 Å². The zero-order valence-electron chi connectivity index (χ0n) is 10.8. The molecule has 6 heteroatoms. The summed E-state index contributed by atoms with van der Waals surface area (Å²) in [6.07, 6.45) is 2.77. The molecule has 1 unspecified atom stereocenters. The summed E-state index contributed by atoms with van der Waals surface area (Å²) in [7, 11) is 0. The van der Waals surface area contributed by atoms with Crippen LogP contribution in [0.2, 0.25) is 0 Å². The molecule has 3 N–H and O–H groups in total. The van der Waals surface area contributed by atoms with Crippen LogP contribution in [-0.2, 0) is 4.79 Å². The largest absolute Gasteiger partial charge is 0.345 e. The van der Waals surface area contributed by atoms with Gasteiger partial charge in [0, 0.05) is 5.70 Å². The number of rotatable bonds is 2. The third-order valence-electron chi connectivity index (χ3n) is 3.35. The number of piperidine rings is 1. The van der Waals surface area contributed by atoms with Crippen LogP contribution in [0.3, 0.4) is 0 Å². The fraction of sp³-hybridized carbons (Fsp3) is 0.214. The van der Waals surface area contributed by atoms with E-state index in [0.29, 0.717) is 29.6 Å². The molecule has 0 aliphatic carbocycles. The Hall–Kier alpha value is -2.63. The molecular formula is C14H14N4O2. The number of carbonyl (C=O) groups is 2. The summed E-state index contributed by atoms with van der Waals surface area (Å²) in [6.45, 7) is 3.71. The first kappa shape index (κ1) is 12.4. The third-order valence-corrected chi connectivity index (χ3v) is 3.35. The number of amides is 2. The molecule has 6 nitrogen and oxygen atoms in total. The van der Waals surface area contributed by atoms with Gasteiger partial charge in [0.25, 0.3) is 5.91 Å². The number of H-pyrrole nitrogens is 1.